The molecule has 16 heavy (non-hydrogen) atoms. The van der Waals surface area contributed by atoms with Crippen LogP contribution in [-0.2, 0) is 9.59 Å². The molecule has 0 aromatic heterocycles. The van der Waals surface area contributed by atoms with E-state index >= 15 is 0 Å². The van der Waals surface area contributed by atoms with Crippen LogP contribution in [0.15, 0.2) is 36.5 Å². The van der Waals surface area contributed by atoms with Crippen molar-refractivity contribution in [2.75, 3.05) is 0 Å². The van der Waals surface area contributed by atoms with Crippen molar-refractivity contribution in [2.45, 2.75) is 33.6 Å². The molecular formula is C13H20O3. The Morgan fingerprint density at radius 2 is 1.81 bits per heavy atom. The van der Waals surface area contributed by atoms with Gasteiger partial charge in [0, 0.05) is 12.0 Å². The Labute approximate surface area is 97.2 Å². The highest BCUT2D eigenvalue weighted by Crippen LogP contribution is 2.05. The monoisotopic (exact) mass is 224 g/mol. The van der Waals surface area contributed by atoms with Gasteiger partial charge < -0.3 is 5.11 Å². The van der Waals surface area contributed by atoms with Gasteiger partial charge in [0.25, 0.3) is 0 Å². The Bertz CT molecular complexity index is 286. The summed E-state index contributed by atoms with van der Waals surface area (Å²) in [5.41, 5.74) is 0.490. The molecule has 0 bridgehead atoms. The van der Waals surface area contributed by atoms with E-state index in [1.807, 2.05) is 13.8 Å². The molecule has 0 saturated heterocycles. The zero-order valence-electron chi connectivity index (χ0n) is 10.2. The molecule has 0 heterocycles. The highest BCUT2D eigenvalue weighted by molar-refractivity contribution is 5.99. The number of aliphatic carboxylic acids is 1. The summed E-state index contributed by atoms with van der Waals surface area (Å²) in [6.45, 7) is 9.27. The summed E-state index contributed by atoms with van der Waals surface area (Å²) in [7, 11) is 0. The van der Waals surface area contributed by atoms with Crippen LogP contribution in [0.3, 0.4) is 0 Å². The topological polar surface area (TPSA) is 54.4 Å². The van der Waals surface area contributed by atoms with Gasteiger partial charge in [0.05, 0.1) is 6.42 Å². The van der Waals surface area contributed by atoms with E-state index in [9.17, 15) is 9.59 Å². The lowest BCUT2D eigenvalue weighted by atomic mass is 10.1. The van der Waals surface area contributed by atoms with Crippen molar-refractivity contribution in [3.05, 3.63) is 36.5 Å². The lowest BCUT2D eigenvalue weighted by Crippen LogP contribution is -2.04. The third-order valence-corrected chi connectivity index (χ3v) is 1.53. The number of hydrogen-bond acceptors (Lipinski definition) is 2. The average molecular weight is 224 g/mol. The van der Waals surface area contributed by atoms with Crippen molar-refractivity contribution < 1.29 is 14.7 Å². The van der Waals surface area contributed by atoms with Crippen LogP contribution in [0.2, 0.25) is 0 Å². The van der Waals surface area contributed by atoms with E-state index in [1.165, 1.54) is 6.08 Å². The maximum atomic E-state index is 11.4. The molecule has 0 aliphatic rings. The molecule has 3 nitrogen and oxygen atoms in total. The number of rotatable bonds is 6. The summed E-state index contributed by atoms with van der Waals surface area (Å²) in [6.07, 6.45) is 6.35. The van der Waals surface area contributed by atoms with Crippen molar-refractivity contribution in [2.24, 2.45) is 0 Å². The maximum absolute atomic E-state index is 11.4. The Morgan fingerprint density at radius 3 is 2.19 bits per heavy atom. The van der Waals surface area contributed by atoms with Crippen LogP contribution < -0.4 is 0 Å². The summed E-state index contributed by atoms with van der Waals surface area (Å²) in [5, 5.41) is 8.39. The molecule has 0 saturated carbocycles. The minimum atomic E-state index is -0.961. The minimum absolute atomic E-state index is 0.0271. The molecule has 0 aromatic rings. The van der Waals surface area contributed by atoms with Gasteiger partial charge in [-0.2, -0.15) is 0 Å². The van der Waals surface area contributed by atoms with E-state index in [1.54, 1.807) is 25.2 Å². The summed E-state index contributed by atoms with van der Waals surface area (Å²) < 4.78 is 0. The van der Waals surface area contributed by atoms with E-state index in [2.05, 4.69) is 6.58 Å². The number of carboxylic acids is 1. The molecule has 0 aliphatic carbocycles. The zero-order chi connectivity index (χ0) is 13.0. The van der Waals surface area contributed by atoms with Crippen molar-refractivity contribution in [1.82, 2.24) is 0 Å². The summed E-state index contributed by atoms with van der Waals surface area (Å²) in [4.78, 5) is 21.6. The number of Topliss-reactive ketones (excluding diaryl/α,β-unsaturated/α-hetero) is 1. The maximum Gasteiger partial charge on any atom is 0.303 e. The highest BCUT2D eigenvalue weighted by atomic mass is 16.4. The summed E-state index contributed by atoms with van der Waals surface area (Å²) >= 11 is 0. The van der Waals surface area contributed by atoms with E-state index < -0.39 is 5.97 Å². The molecule has 0 rings (SSSR count). The molecule has 0 unspecified atom stereocenters. The van der Waals surface area contributed by atoms with Gasteiger partial charge in [-0.3, -0.25) is 9.59 Å². The predicted molar refractivity (Wildman–Crippen MR) is 66.3 cm³/mol. The quantitative estimate of drug-likeness (QED) is 0.557. The van der Waals surface area contributed by atoms with Gasteiger partial charge in [-0.1, -0.05) is 44.7 Å². The lowest BCUT2D eigenvalue weighted by Gasteiger charge is -1.98. The third kappa shape index (κ3) is 8.94. The van der Waals surface area contributed by atoms with Crippen LogP contribution in [0.25, 0.3) is 0 Å². The van der Waals surface area contributed by atoms with Crippen LogP contribution in [-0.4, -0.2) is 16.9 Å². The fourth-order valence-corrected chi connectivity index (χ4v) is 0.913. The third-order valence-electron chi connectivity index (χ3n) is 1.53. The largest absolute Gasteiger partial charge is 0.481 e. The first kappa shape index (κ1) is 16.8. The van der Waals surface area contributed by atoms with Gasteiger partial charge in [-0.05, 0) is 6.92 Å². The molecule has 0 radical (unpaired) electrons. The van der Waals surface area contributed by atoms with Crippen LogP contribution in [0, 0.1) is 0 Å². The average Bonchev–Trinajstić information content (AvgIpc) is 2.28. The molecule has 0 spiro atoms. The molecule has 0 amide bonds. The fraction of sp³-hybridized carbons (Fsp3) is 0.385. The number of carboxylic acid groups (broad SMARTS) is 1. The Morgan fingerprint density at radius 1 is 1.25 bits per heavy atom. The van der Waals surface area contributed by atoms with Gasteiger partial charge >= 0.3 is 5.97 Å². The first-order chi connectivity index (χ1) is 7.61. The van der Waals surface area contributed by atoms with Crippen molar-refractivity contribution in [3.8, 4) is 0 Å². The predicted octanol–water partition coefficient (Wildman–Crippen LogP) is 3.14. The molecule has 3 heteroatoms. The zero-order valence-corrected chi connectivity index (χ0v) is 10.2. The second-order valence-corrected chi connectivity index (χ2v) is 2.67. The van der Waals surface area contributed by atoms with E-state index in [0.717, 1.165) is 0 Å². The van der Waals surface area contributed by atoms with Crippen molar-refractivity contribution >= 4 is 11.8 Å². The van der Waals surface area contributed by atoms with Gasteiger partial charge in [0.1, 0.15) is 0 Å². The van der Waals surface area contributed by atoms with Gasteiger partial charge in [0.15, 0.2) is 5.78 Å². The fourth-order valence-electron chi connectivity index (χ4n) is 0.913. The Hall–Kier alpha value is -1.64. The van der Waals surface area contributed by atoms with Crippen LogP contribution >= 0.6 is 0 Å². The van der Waals surface area contributed by atoms with Gasteiger partial charge in [0.2, 0.25) is 0 Å². The van der Waals surface area contributed by atoms with E-state index in [4.69, 9.17) is 5.11 Å². The summed E-state index contributed by atoms with van der Waals surface area (Å²) in [5.74, 6) is -1.14. The SMILES string of the molecule is C=C/C=C(\C=C/C)C(=O)CCC(=O)O.CC. The number of allylic oxidation sites excluding steroid dienone is 5. The minimum Gasteiger partial charge on any atom is -0.481 e. The smallest absolute Gasteiger partial charge is 0.303 e. The lowest BCUT2D eigenvalue weighted by molar-refractivity contribution is -0.138. The Kier molecular flexibility index (Phi) is 12.0. The molecule has 90 valence electrons. The van der Waals surface area contributed by atoms with Gasteiger partial charge in [-0.25, -0.2) is 0 Å². The molecule has 0 aromatic carbocycles. The van der Waals surface area contributed by atoms with Crippen LogP contribution in [0.1, 0.15) is 33.6 Å². The van der Waals surface area contributed by atoms with Crippen LogP contribution in [0.5, 0.6) is 0 Å². The number of carbonyl (C=O) groups excluding carboxylic acids is 1. The molecular weight excluding hydrogens is 204 g/mol. The number of ketones is 1. The van der Waals surface area contributed by atoms with Gasteiger partial charge in [-0.15, -0.1) is 0 Å². The first-order valence-corrected chi connectivity index (χ1v) is 5.32. The summed E-state index contributed by atoms with van der Waals surface area (Å²) in [6, 6.07) is 0. The standard InChI is InChI=1S/C11H14O3.C2H6/c1-3-5-9(6-4-2)10(12)7-8-11(13)14;1-2/h3-6H,1,7-8H2,2H3,(H,13,14);1-2H3/b6-4-,9-5+;. The number of hydrogen-bond donors (Lipinski definition) is 1. The highest BCUT2D eigenvalue weighted by Gasteiger charge is 2.07. The Balaban J connectivity index is 0. The molecule has 0 atom stereocenters. The van der Waals surface area contributed by atoms with E-state index in [-0.39, 0.29) is 18.6 Å². The van der Waals surface area contributed by atoms with Crippen LogP contribution in [0.4, 0.5) is 0 Å². The van der Waals surface area contributed by atoms with Crippen molar-refractivity contribution in [3.63, 3.8) is 0 Å². The molecule has 1 N–H and O–H groups in total. The molecule has 0 fully saturated rings. The second-order valence-electron chi connectivity index (χ2n) is 2.67. The second kappa shape index (κ2) is 11.4. The number of carbonyl (C=O) groups is 2. The van der Waals surface area contributed by atoms with E-state index in [0.29, 0.717) is 5.57 Å². The molecule has 0 aliphatic heterocycles. The normalized spacial score (nSPS) is 10.6. The van der Waals surface area contributed by atoms with Crippen molar-refractivity contribution in [1.29, 1.82) is 0 Å². The first-order valence-electron chi connectivity index (χ1n) is 5.32.